The van der Waals surface area contributed by atoms with Crippen LogP contribution in [0.25, 0.3) is 42.1 Å². The molecule has 0 N–H and O–H groups in total. The van der Waals surface area contributed by atoms with Crippen LogP contribution in [-0.4, -0.2) is 0 Å². The maximum atomic E-state index is 6.08. The number of para-hydroxylation sites is 1. The van der Waals surface area contributed by atoms with Gasteiger partial charge in [0.1, 0.15) is 11.2 Å². The van der Waals surface area contributed by atoms with Crippen molar-refractivity contribution in [1.29, 1.82) is 0 Å². The molecule has 6 aromatic rings. The van der Waals surface area contributed by atoms with Crippen LogP contribution in [0.3, 0.4) is 0 Å². The van der Waals surface area contributed by atoms with Crippen LogP contribution in [0.1, 0.15) is 30.4 Å². The van der Waals surface area contributed by atoms with Gasteiger partial charge in [-0.05, 0) is 54.2 Å². The lowest BCUT2D eigenvalue weighted by Gasteiger charge is -2.12. The van der Waals surface area contributed by atoms with Gasteiger partial charge in [0.25, 0.3) is 0 Å². The maximum absolute atomic E-state index is 6.08. The largest absolute Gasteiger partial charge is 0.456 e. The lowest BCUT2D eigenvalue weighted by Crippen LogP contribution is -1.96. The molecule has 0 unspecified atom stereocenters. The SMILES string of the molecule is C[C@H](CCc1ccc2c(c1)sc1ccccc12)c1ccc2c(c1)oc1ccccc12. The number of aryl methyl sites for hydroxylation is 1. The molecule has 0 spiro atoms. The fraction of sp³-hybridized carbons (Fsp3) is 0.143. The van der Waals surface area contributed by atoms with E-state index in [1.54, 1.807) is 0 Å². The van der Waals surface area contributed by atoms with E-state index >= 15 is 0 Å². The van der Waals surface area contributed by atoms with Gasteiger partial charge in [-0.15, -0.1) is 11.3 Å². The summed E-state index contributed by atoms with van der Waals surface area (Å²) in [6.45, 7) is 2.32. The summed E-state index contributed by atoms with van der Waals surface area (Å²) < 4.78 is 8.85. The van der Waals surface area contributed by atoms with Crippen molar-refractivity contribution in [1.82, 2.24) is 0 Å². The monoisotopic (exact) mass is 406 g/mol. The van der Waals surface area contributed by atoms with Gasteiger partial charge in [0.15, 0.2) is 0 Å². The van der Waals surface area contributed by atoms with Crippen molar-refractivity contribution in [2.24, 2.45) is 0 Å². The highest BCUT2D eigenvalue weighted by atomic mass is 32.1. The van der Waals surface area contributed by atoms with Crippen LogP contribution in [0.4, 0.5) is 0 Å². The average Bonchev–Trinajstić information content (AvgIpc) is 3.34. The van der Waals surface area contributed by atoms with Gasteiger partial charge in [-0.1, -0.05) is 67.6 Å². The molecule has 0 bridgehead atoms. The molecule has 6 rings (SSSR count). The van der Waals surface area contributed by atoms with Crippen molar-refractivity contribution in [3.8, 4) is 0 Å². The summed E-state index contributed by atoms with van der Waals surface area (Å²) in [6, 6.07) is 30.7. The Morgan fingerprint density at radius 1 is 0.700 bits per heavy atom. The molecule has 0 saturated carbocycles. The molecule has 146 valence electrons. The minimum atomic E-state index is 0.487. The summed E-state index contributed by atoms with van der Waals surface area (Å²) in [5.41, 5.74) is 4.73. The molecular weight excluding hydrogens is 384 g/mol. The van der Waals surface area contributed by atoms with Crippen LogP contribution in [0.15, 0.2) is 89.3 Å². The minimum Gasteiger partial charge on any atom is -0.456 e. The zero-order chi connectivity index (χ0) is 20.1. The molecule has 2 heterocycles. The number of benzene rings is 4. The standard InChI is InChI=1S/C28H22OS/c1-18(20-13-15-22-21-6-2-4-8-25(21)29-26(22)17-20)10-11-19-12-14-24-23-7-3-5-9-27(23)30-28(24)16-19/h2-9,12-18H,10-11H2,1H3/t18-/m1/s1. The Hall–Kier alpha value is -3.10. The number of fused-ring (bicyclic) bond motifs is 6. The molecule has 30 heavy (non-hydrogen) atoms. The Labute approximate surface area is 179 Å². The molecule has 2 heteroatoms. The number of hydrogen-bond acceptors (Lipinski definition) is 2. The first-order valence-electron chi connectivity index (χ1n) is 10.6. The summed E-state index contributed by atoms with van der Waals surface area (Å²) >= 11 is 1.90. The Kier molecular flexibility index (Phi) is 4.14. The Morgan fingerprint density at radius 2 is 1.43 bits per heavy atom. The molecule has 1 atom stereocenters. The van der Waals surface area contributed by atoms with Crippen molar-refractivity contribution in [2.75, 3.05) is 0 Å². The Morgan fingerprint density at radius 3 is 2.37 bits per heavy atom. The topological polar surface area (TPSA) is 13.1 Å². The first kappa shape index (κ1) is 17.7. The molecule has 2 aromatic heterocycles. The van der Waals surface area contributed by atoms with Crippen LogP contribution in [-0.2, 0) is 6.42 Å². The molecule has 0 saturated heterocycles. The van der Waals surface area contributed by atoms with Crippen molar-refractivity contribution in [3.63, 3.8) is 0 Å². The van der Waals surface area contributed by atoms with Gasteiger partial charge < -0.3 is 4.42 Å². The molecule has 0 aliphatic rings. The Balaban J connectivity index is 1.25. The summed E-state index contributed by atoms with van der Waals surface area (Å²) in [5, 5.41) is 5.15. The van der Waals surface area contributed by atoms with Gasteiger partial charge >= 0.3 is 0 Å². The number of thiophene rings is 1. The van der Waals surface area contributed by atoms with Gasteiger partial charge in [-0.25, -0.2) is 0 Å². The third-order valence-corrected chi connectivity index (χ3v) is 7.41. The predicted octanol–water partition coefficient (Wildman–Crippen LogP) is 8.69. The molecule has 0 amide bonds. The van der Waals surface area contributed by atoms with Crippen LogP contribution in [0.2, 0.25) is 0 Å². The van der Waals surface area contributed by atoms with Crippen LogP contribution in [0, 0.1) is 0 Å². The molecule has 0 radical (unpaired) electrons. The average molecular weight is 407 g/mol. The number of rotatable bonds is 4. The summed E-state index contributed by atoms with van der Waals surface area (Å²) in [5.74, 6) is 0.487. The number of hydrogen-bond donors (Lipinski definition) is 0. The van der Waals surface area contributed by atoms with E-state index in [9.17, 15) is 0 Å². The molecule has 0 aliphatic heterocycles. The van der Waals surface area contributed by atoms with Crippen LogP contribution < -0.4 is 0 Å². The van der Waals surface area contributed by atoms with E-state index in [-0.39, 0.29) is 0 Å². The first-order chi connectivity index (χ1) is 14.8. The highest BCUT2D eigenvalue weighted by Gasteiger charge is 2.12. The van der Waals surface area contributed by atoms with Crippen molar-refractivity contribution in [2.45, 2.75) is 25.7 Å². The maximum Gasteiger partial charge on any atom is 0.135 e. The first-order valence-corrected chi connectivity index (χ1v) is 11.4. The van der Waals surface area contributed by atoms with E-state index in [2.05, 4.69) is 79.7 Å². The minimum absolute atomic E-state index is 0.487. The third kappa shape index (κ3) is 2.91. The second kappa shape index (κ2) is 7.00. The summed E-state index contributed by atoms with van der Waals surface area (Å²) in [7, 11) is 0. The van der Waals surface area contributed by atoms with E-state index in [4.69, 9.17) is 4.42 Å². The van der Waals surface area contributed by atoms with E-state index < -0.39 is 0 Å². The van der Waals surface area contributed by atoms with Gasteiger partial charge in [0.05, 0.1) is 0 Å². The highest BCUT2D eigenvalue weighted by molar-refractivity contribution is 7.25. The van der Waals surface area contributed by atoms with Crippen molar-refractivity contribution >= 4 is 53.4 Å². The number of furan rings is 1. The molecule has 4 aromatic carbocycles. The van der Waals surface area contributed by atoms with Crippen molar-refractivity contribution < 1.29 is 4.42 Å². The van der Waals surface area contributed by atoms with E-state index in [0.29, 0.717) is 5.92 Å². The van der Waals surface area contributed by atoms with Crippen molar-refractivity contribution in [3.05, 3.63) is 96.1 Å². The normalized spacial score (nSPS) is 13.0. The molecule has 0 fully saturated rings. The lowest BCUT2D eigenvalue weighted by molar-refractivity contribution is 0.658. The summed E-state index contributed by atoms with van der Waals surface area (Å²) in [6.07, 6.45) is 2.21. The van der Waals surface area contributed by atoms with Gasteiger partial charge in [0, 0.05) is 30.9 Å². The molecular formula is C28H22OS. The van der Waals surface area contributed by atoms with E-state index in [0.717, 1.165) is 24.0 Å². The fourth-order valence-electron chi connectivity index (χ4n) is 4.52. The van der Waals surface area contributed by atoms with E-state index in [1.807, 2.05) is 23.5 Å². The highest BCUT2D eigenvalue weighted by Crippen LogP contribution is 2.35. The second-order valence-corrected chi connectivity index (χ2v) is 9.31. The molecule has 0 aliphatic carbocycles. The van der Waals surface area contributed by atoms with Gasteiger partial charge in [-0.2, -0.15) is 0 Å². The van der Waals surface area contributed by atoms with E-state index in [1.165, 1.54) is 42.1 Å². The molecule has 1 nitrogen and oxygen atoms in total. The zero-order valence-electron chi connectivity index (χ0n) is 16.9. The van der Waals surface area contributed by atoms with Gasteiger partial charge in [-0.3, -0.25) is 0 Å². The quantitative estimate of drug-likeness (QED) is 0.285. The second-order valence-electron chi connectivity index (χ2n) is 8.22. The zero-order valence-corrected chi connectivity index (χ0v) is 17.7. The predicted molar refractivity (Wildman–Crippen MR) is 130 cm³/mol. The summed E-state index contributed by atoms with van der Waals surface area (Å²) in [4.78, 5) is 0. The van der Waals surface area contributed by atoms with Gasteiger partial charge in [0.2, 0.25) is 0 Å². The fourth-order valence-corrected chi connectivity index (χ4v) is 5.69. The van der Waals surface area contributed by atoms with Crippen LogP contribution in [0.5, 0.6) is 0 Å². The van der Waals surface area contributed by atoms with Crippen LogP contribution >= 0.6 is 11.3 Å². The smallest absolute Gasteiger partial charge is 0.135 e. The lowest BCUT2D eigenvalue weighted by atomic mass is 9.93. The third-order valence-electron chi connectivity index (χ3n) is 6.28. The Bertz CT molecular complexity index is 1520.